The van der Waals surface area contributed by atoms with Crippen molar-refractivity contribution in [1.82, 2.24) is 14.6 Å². The zero-order valence-electron chi connectivity index (χ0n) is 13.1. The summed E-state index contributed by atoms with van der Waals surface area (Å²) >= 11 is 0. The molecule has 0 atom stereocenters. The number of rotatable bonds is 5. The van der Waals surface area contributed by atoms with Gasteiger partial charge in [-0.05, 0) is 12.8 Å². The Labute approximate surface area is 136 Å². The summed E-state index contributed by atoms with van der Waals surface area (Å²) in [5.74, 6) is 1.47. The molecule has 0 unspecified atom stereocenters. The smallest absolute Gasteiger partial charge is 0.209 e. The van der Waals surface area contributed by atoms with Crippen molar-refractivity contribution < 1.29 is 12.8 Å². The van der Waals surface area contributed by atoms with Gasteiger partial charge in [-0.3, -0.25) is 4.90 Å². The molecule has 1 aliphatic rings. The Bertz CT molecular complexity index is 735. The molecule has 3 rings (SSSR count). The lowest BCUT2D eigenvalue weighted by Gasteiger charge is -2.30. The molecule has 0 radical (unpaired) electrons. The van der Waals surface area contributed by atoms with E-state index in [9.17, 15) is 8.42 Å². The lowest BCUT2D eigenvalue weighted by atomic mass is 10.1. The van der Waals surface area contributed by atoms with Gasteiger partial charge in [0.25, 0.3) is 0 Å². The second-order valence-corrected chi connectivity index (χ2v) is 7.70. The molecule has 2 aromatic rings. The summed E-state index contributed by atoms with van der Waals surface area (Å²) in [5.41, 5.74) is 1.02. The fourth-order valence-corrected chi connectivity index (χ4v) is 3.66. The predicted molar refractivity (Wildman–Crippen MR) is 88.2 cm³/mol. The molecular weight excluding hydrogens is 314 g/mol. The van der Waals surface area contributed by atoms with Crippen molar-refractivity contribution >= 4 is 10.0 Å². The van der Waals surface area contributed by atoms with Gasteiger partial charge in [-0.1, -0.05) is 30.3 Å². The Morgan fingerprint density at radius 1 is 1.26 bits per heavy atom. The van der Waals surface area contributed by atoms with Gasteiger partial charge in [0.2, 0.25) is 15.9 Å². The van der Waals surface area contributed by atoms with Crippen LogP contribution in [-0.4, -0.2) is 43.7 Å². The molecule has 0 saturated carbocycles. The molecule has 1 aromatic carbocycles. The van der Waals surface area contributed by atoms with Gasteiger partial charge in [-0.2, -0.15) is 0 Å². The molecule has 23 heavy (non-hydrogen) atoms. The van der Waals surface area contributed by atoms with Gasteiger partial charge < -0.3 is 4.42 Å². The molecule has 0 spiro atoms. The number of sulfonamides is 1. The minimum Gasteiger partial charge on any atom is -0.439 e. The minimum atomic E-state index is -3.13. The Morgan fingerprint density at radius 2 is 1.96 bits per heavy atom. The molecule has 0 bridgehead atoms. The summed E-state index contributed by atoms with van der Waals surface area (Å²) in [6.45, 7) is 2.31. The van der Waals surface area contributed by atoms with E-state index in [2.05, 4.69) is 14.6 Å². The van der Waals surface area contributed by atoms with Crippen molar-refractivity contribution in [3.05, 3.63) is 42.4 Å². The van der Waals surface area contributed by atoms with E-state index < -0.39 is 10.0 Å². The molecule has 1 fully saturated rings. The molecule has 1 aromatic heterocycles. The maximum absolute atomic E-state index is 11.3. The highest BCUT2D eigenvalue weighted by Gasteiger charge is 2.22. The Kier molecular flexibility index (Phi) is 4.79. The van der Waals surface area contributed by atoms with Crippen LogP contribution in [0.25, 0.3) is 11.3 Å². The molecule has 124 valence electrons. The fourth-order valence-electron chi connectivity index (χ4n) is 2.82. The first-order chi connectivity index (χ1) is 11.0. The van der Waals surface area contributed by atoms with Crippen LogP contribution < -0.4 is 4.72 Å². The summed E-state index contributed by atoms with van der Waals surface area (Å²) < 4.78 is 31.0. The summed E-state index contributed by atoms with van der Waals surface area (Å²) in [4.78, 5) is 6.58. The molecule has 1 aliphatic heterocycles. The van der Waals surface area contributed by atoms with Crippen molar-refractivity contribution in [2.24, 2.45) is 0 Å². The molecule has 6 nitrogen and oxygen atoms in total. The molecule has 0 aliphatic carbocycles. The quantitative estimate of drug-likeness (QED) is 0.902. The third-order valence-corrected chi connectivity index (χ3v) is 4.70. The number of nitrogens with zero attached hydrogens (tertiary/aromatic N) is 2. The van der Waals surface area contributed by atoms with Crippen LogP contribution in [0.15, 0.2) is 40.9 Å². The minimum absolute atomic E-state index is 0.0330. The number of hydrogen-bond acceptors (Lipinski definition) is 5. The molecule has 1 N–H and O–H groups in total. The van der Waals surface area contributed by atoms with Gasteiger partial charge in [-0.15, -0.1) is 0 Å². The van der Waals surface area contributed by atoms with E-state index in [-0.39, 0.29) is 6.04 Å². The molecular formula is C16H21N3O3S. The van der Waals surface area contributed by atoms with Gasteiger partial charge in [0.1, 0.15) is 0 Å². The average Bonchev–Trinajstić information content (AvgIpc) is 2.97. The molecule has 7 heteroatoms. The summed E-state index contributed by atoms with van der Waals surface area (Å²) in [5, 5.41) is 0. The highest BCUT2D eigenvalue weighted by Crippen LogP contribution is 2.21. The zero-order chi connectivity index (χ0) is 16.3. The number of oxazole rings is 1. The normalized spacial score (nSPS) is 17.4. The first-order valence-corrected chi connectivity index (χ1v) is 9.58. The van der Waals surface area contributed by atoms with Crippen LogP contribution in [0, 0.1) is 0 Å². The topological polar surface area (TPSA) is 75.4 Å². The number of aromatic nitrogens is 1. The van der Waals surface area contributed by atoms with Crippen molar-refractivity contribution in [3.8, 4) is 11.3 Å². The van der Waals surface area contributed by atoms with E-state index in [1.54, 1.807) is 6.20 Å². The number of piperidine rings is 1. The van der Waals surface area contributed by atoms with Gasteiger partial charge in [0.05, 0.1) is 19.0 Å². The molecule has 2 heterocycles. The van der Waals surface area contributed by atoms with E-state index >= 15 is 0 Å². The summed E-state index contributed by atoms with van der Waals surface area (Å²) in [6, 6.07) is 9.92. The van der Waals surface area contributed by atoms with E-state index in [0.29, 0.717) is 12.4 Å². The first-order valence-electron chi connectivity index (χ1n) is 7.69. The summed E-state index contributed by atoms with van der Waals surface area (Å²) in [7, 11) is -3.13. The number of nitrogens with one attached hydrogen (secondary N) is 1. The van der Waals surface area contributed by atoms with Crippen LogP contribution in [0.2, 0.25) is 0 Å². The van der Waals surface area contributed by atoms with Crippen molar-refractivity contribution in [1.29, 1.82) is 0 Å². The van der Waals surface area contributed by atoms with Gasteiger partial charge >= 0.3 is 0 Å². The summed E-state index contributed by atoms with van der Waals surface area (Å²) in [6.07, 6.45) is 4.57. The standard InChI is InChI=1S/C16H21N3O3S/c1-23(20,21)18-14-7-9-19(10-8-14)12-16-17-11-15(22-16)13-5-3-2-4-6-13/h2-6,11,14,18H,7-10,12H2,1H3. The molecule has 1 saturated heterocycles. The monoisotopic (exact) mass is 335 g/mol. The van der Waals surface area contributed by atoms with Gasteiger partial charge in [0, 0.05) is 24.7 Å². The van der Waals surface area contributed by atoms with Crippen molar-refractivity contribution in [3.63, 3.8) is 0 Å². The highest BCUT2D eigenvalue weighted by atomic mass is 32.2. The Balaban J connectivity index is 1.54. The van der Waals surface area contributed by atoms with Crippen LogP contribution in [0.5, 0.6) is 0 Å². The zero-order valence-corrected chi connectivity index (χ0v) is 13.9. The second-order valence-electron chi connectivity index (χ2n) is 5.92. The van der Waals surface area contributed by atoms with E-state index in [4.69, 9.17) is 4.42 Å². The van der Waals surface area contributed by atoms with Crippen LogP contribution in [0.3, 0.4) is 0 Å². The lowest BCUT2D eigenvalue weighted by Crippen LogP contribution is -2.43. The predicted octanol–water partition coefficient (Wildman–Crippen LogP) is 1.86. The number of benzene rings is 1. The maximum atomic E-state index is 11.3. The maximum Gasteiger partial charge on any atom is 0.209 e. The number of hydrogen-bond donors (Lipinski definition) is 1. The van der Waals surface area contributed by atoms with Crippen LogP contribution in [0.4, 0.5) is 0 Å². The highest BCUT2D eigenvalue weighted by molar-refractivity contribution is 7.88. The third-order valence-electron chi connectivity index (χ3n) is 3.94. The first kappa shape index (κ1) is 16.2. The fraction of sp³-hybridized carbons (Fsp3) is 0.438. The largest absolute Gasteiger partial charge is 0.439 e. The van der Waals surface area contributed by atoms with E-state index in [1.807, 2.05) is 30.3 Å². The van der Waals surface area contributed by atoms with Gasteiger partial charge in [0.15, 0.2) is 5.76 Å². The third kappa shape index (κ3) is 4.63. The van der Waals surface area contributed by atoms with Crippen molar-refractivity contribution in [2.45, 2.75) is 25.4 Å². The second kappa shape index (κ2) is 6.82. The van der Waals surface area contributed by atoms with Gasteiger partial charge in [-0.25, -0.2) is 18.1 Å². The number of likely N-dealkylation sites (tertiary alicyclic amines) is 1. The van der Waals surface area contributed by atoms with Crippen LogP contribution in [-0.2, 0) is 16.6 Å². The lowest BCUT2D eigenvalue weighted by molar-refractivity contribution is 0.184. The van der Waals surface area contributed by atoms with Crippen molar-refractivity contribution in [2.75, 3.05) is 19.3 Å². The molecule has 0 amide bonds. The Hall–Kier alpha value is -1.70. The van der Waals surface area contributed by atoms with E-state index in [0.717, 1.165) is 37.3 Å². The average molecular weight is 335 g/mol. The van der Waals surface area contributed by atoms with Crippen LogP contribution >= 0.6 is 0 Å². The van der Waals surface area contributed by atoms with Crippen LogP contribution in [0.1, 0.15) is 18.7 Å². The SMILES string of the molecule is CS(=O)(=O)NC1CCN(Cc2ncc(-c3ccccc3)o2)CC1. The van der Waals surface area contributed by atoms with E-state index in [1.165, 1.54) is 6.26 Å². The Morgan fingerprint density at radius 3 is 2.61 bits per heavy atom.